The lowest BCUT2D eigenvalue weighted by atomic mass is 10.2. The molecule has 0 atom stereocenters. The molecule has 2 heteroatoms. The van der Waals surface area contributed by atoms with E-state index in [2.05, 4.69) is 30.9 Å². The molecule has 15 heavy (non-hydrogen) atoms. The molecule has 0 aliphatic rings. The second kappa shape index (κ2) is 5.87. The van der Waals surface area contributed by atoms with Crippen molar-refractivity contribution in [2.24, 2.45) is 0 Å². The van der Waals surface area contributed by atoms with Crippen LogP contribution in [0.2, 0.25) is 0 Å². The first kappa shape index (κ1) is 11.3. The lowest BCUT2D eigenvalue weighted by Gasteiger charge is -2.20. The van der Waals surface area contributed by atoms with Crippen LogP contribution in [0.25, 0.3) is 6.08 Å². The topological polar surface area (TPSA) is 27.0 Å². The molecule has 1 aromatic rings. The van der Waals surface area contributed by atoms with Crippen LogP contribution in [-0.4, -0.2) is 13.1 Å². The molecule has 2 nitrogen and oxygen atoms in total. The zero-order chi connectivity index (χ0) is 11.1. The van der Waals surface area contributed by atoms with Gasteiger partial charge in [-0.2, -0.15) is 5.26 Å². The van der Waals surface area contributed by atoms with Crippen molar-refractivity contribution in [2.45, 2.75) is 13.8 Å². The van der Waals surface area contributed by atoms with E-state index in [1.807, 2.05) is 24.3 Å². The standard InChI is InChI=1S/C13H16N2/c1-3-15(4-2)13-9-7-12(8-10-13)6-5-11-14/h5-10H,3-4H2,1-2H3/b6-5+. The lowest BCUT2D eigenvalue weighted by molar-refractivity contribution is 0.866. The van der Waals surface area contributed by atoms with Crippen LogP contribution in [0.1, 0.15) is 19.4 Å². The molecule has 0 fully saturated rings. The Morgan fingerprint density at radius 2 is 1.80 bits per heavy atom. The molecule has 0 unspecified atom stereocenters. The van der Waals surface area contributed by atoms with E-state index in [4.69, 9.17) is 5.26 Å². The Morgan fingerprint density at radius 1 is 1.20 bits per heavy atom. The average molecular weight is 200 g/mol. The van der Waals surface area contributed by atoms with E-state index in [-0.39, 0.29) is 0 Å². The summed E-state index contributed by atoms with van der Waals surface area (Å²) in [6.45, 7) is 6.33. The van der Waals surface area contributed by atoms with E-state index in [1.54, 1.807) is 0 Å². The molecule has 78 valence electrons. The summed E-state index contributed by atoms with van der Waals surface area (Å²) in [6.07, 6.45) is 3.30. The number of allylic oxidation sites excluding steroid dienone is 1. The summed E-state index contributed by atoms with van der Waals surface area (Å²) in [5.41, 5.74) is 2.29. The summed E-state index contributed by atoms with van der Waals surface area (Å²) in [4.78, 5) is 2.29. The SMILES string of the molecule is CCN(CC)c1ccc(/C=C/C#N)cc1. The van der Waals surface area contributed by atoms with E-state index in [1.165, 1.54) is 11.8 Å². The third-order valence-corrected chi connectivity index (χ3v) is 2.37. The summed E-state index contributed by atoms with van der Waals surface area (Å²) in [6, 6.07) is 10.2. The van der Waals surface area contributed by atoms with Gasteiger partial charge in [0.2, 0.25) is 0 Å². The van der Waals surface area contributed by atoms with Crippen LogP contribution in [-0.2, 0) is 0 Å². The number of anilines is 1. The molecule has 0 aromatic heterocycles. The van der Waals surface area contributed by atoms with Crippen LogP contribution in [0.4, 0.5) is 5.69 Å². The van der Waals surface area contributed by atoms with Crippen LogP contribution < -0.4 is 4.90 Å². The maximum absolute atomic E-state index is 8.40. The summed E-state index contributed by atoms with van der Waals surface area (Å²) in [5.74, 6) is 0. The normalized spacial score (nSPS) is 10.2. The Bertz CT molecular complexity index is 353. The second-order valence-electron chi connectivity index (χ2n) is 3.23. The molecule has 0 radical (unpaired) electrons. The summed E-state index contributed by atoms with van der Waals surface area (Å²) < 4.78 is 0. The Morgan fingerprint density at radius 3 is 2.27 bits per heavy atom. The number of hydrogen-bond acceptors (Lipinski definition) is 2. The zero-order valence-corrected chi connectivity index (χ0v) is 9.27. The molecule has 0 amide bonds. The number of rotatable bonds is 4. The predicted octanol–water partition coefficient (Wildman–Crippen LogP) is 3.07. The van der Waals surface area contributed by atoms with Crippen molar-refractivity contribution in [1.29, 1.82) is 5.26 Å². The van der Waals surface area contributed by atoms with Crippen molar-refractivity contribution in [3.8, 4) is 6.07 Å². The minimum atomic E-state index is 1.02. The fourth-order valence-corrected chi connectivity index (χ4v) is 1.52. The molecule has 0 aliphatic carbocycles. The fourth-order valence-electron chi connectivity index (χ4n) is 1.52. The van der Waals surface area contributed by atoms with Crippen LogP contribution in [0.15, 0.2) is 30.3 Å². The molecule has 1 aromatic carbocycles. The first-order valence-corrected chi connectivity index (χ1v) is 5.23. The molecule has 0 heterocycles. The Kier molecular flexibility index (Phi) is 4.43. The molecule has 0 saturated heterocycles. The highest BCUT2D eigenvalue weighted by Crippen LogP contribution is 2.15. The number of nitriles is 1. The zero-order valence-electron chi connectivity index (χ0n) is 9.27. The van der Waals surface area contributed by atoms with Crippen molar-refractivity contribution < 1.29 is 0 Å². The molecule has 0 N–H and O–H groups in total. The van der Waals surface area contributed by atoms with E-state index in [9.17, 15) is 0 Å². The Hall–Kier alpha value is -1.75. The lowest BCUT2D eigenvalue weighted by Crippen LogP contribution is -2.21. The van der Waals surface area contributed by atoms with Gasteiger partial charge in [0.15, 0.2) is 0 Å². The maximum Gasteiger partial charge on any atom is 0.0912 e. The third kappa shape index (κ3) is 3.14. The third-order valence-electron chi connectivity index (χ3n) is 2.37. The van der Waals surface area contributed by atoms with E-state index >= 15 is 0 Å². The van der Waals surface area contributed by atoms with Gasteiger partial charge in [0.1, 0.15) is 0 Å². The molecular formula is C13H16N2. The van der Waals surface area contributed by atoms with E-state index in [0.717, 1.165) is 18.7 Å². The van der Waals surface area contributed by atoms with Crippen LogP contribution in [0, 0.1) is 11.3 Å². The van der Waals surface area contributed by atoms with E-state index < -0.39 is 0 Å². The quantitative estimate of drug-likeness (QED) is 0.698. The average Bonchev–Trinajstić information content (AvgIpc) is 2.29. The smallest absolute Gasteiger partial charge is 0.0912 e. The number of benzene rings is 1. The van der Waals surface area contributed by atoms with Gasteiger partial charge in [-0.05, 0) is 37.6 Å². The summed E-state index contributed by atoms with van der Waals surface area (Å²) in [5, 5.41) is 8.40. The van der Waals surface area contributed by atoms with Crippen molar-refractivity contribution in [2.75, 3.05) is 18.0 Å². The predicted molar refractivity (Wildman–Crippen MR) is 64.7 cm³/mol. The molecular weight excluding hydrogens is 184 g/mol. The second-order valence-corrected chi connectivity index (χ2v) is 3.23. The largest absolute Gasteiger partial charge is 0.372 e. The van der Waals surface area contributed by atoms with Gasteiger partial charge in [0, 0.05) is 24.9 Å². The minimum Gasteiger partial charge on any atom is -0.372 e. The monoisotopic (exact) mass is 200 g/mol. The highest BCUT2D eigenvalue weighted by Gasteiger charge is 1.99. The minimum absolute atomic E-state index is 1.02. The molecule has 0 aliphatic heterocycles. The van der Waals surface area contributed by atoms with Gasteiger partial charge in [-0.25, -0.2) is 0 Å². The van der Waals surface area contributed by atoms with Crippen molar-refractivity contribution in [3.63, 3.8) is 0 Å². The first-order valence-electron chi connectivity index (χ1n) is 5.23. The van der Waals surface area contributed by atoms with Gasteiger partial charge in [-0.3, -0.25) is 0 Å². The van der Waals surface area contributed by atoms with Crippen molar-refractivity contribution in [3.05, 3.63) is 35.9 Å². The first-order chi connectivity index (χ1) is 7.31. The van der Waals surface area contributed by atoms with Crippen molar-refractivity contribution in [1.82, 2.24) is 0 Å². The van der Waals surface area contributed by atoms with Crippen LogP contribution in [0.3, 0.4) is 0 Å². The van der Waals surface area contributed by atoms with Gasteiger partial charge in [0.25, 0.3) is 0 Å². The highest BCUT2D eigenvalue weighted by atomic mass is 15.1. The molecule has 1 rings (SSSR count). The Balaban J connectivity index is 2.80. The molecule has 0 spiro atoms. The number of nitrogens with zero attached hydrogens (tertiary/aromatic N) is 2. The summed E-state index contributed by atoms with van der Waals surface area (Å²) >= 11 is 0. The number of hydrogen-bond donors (Lipinski definition) is 0. The van der Waals surface area contributed by atoms with Crippen LogP contribution >= 0.6 is 0 Å². The van der Waals surface area contributed by atoms with Gasteiger partial charge >= 0.3 is 0 Å². The van der Waals surface area contributed by atoms with Gasteiger partial charge in [0.05, 0.1) is 6.07 Å². The van der Waals surface area contributed by atoms with E-state index in [0.29, 0.717) is 0 Å². The van der Waals surface area contributed by atoms with Gasteiger partial charge < -0.3 is 4.90 Å². The van der Waals surface area contributed by atoms with Gasteiger partial charge in [-0.15, -0.1) is 0 Å². The molecule has 0 saturated carbocycles. The summed E-state index contributed by atoms with van der Waals surface area (Å²) in [7, 11) is 0. The highest BCUT2D eigenvalue weighted by molar-refractivity contribution is 5.57. The van der Waals surface area contributed by atoms with Crippen LogP contribution in [0.5, 0.6) is 0 Å². The molecule has 0 bridgehead atoms. The van der Waals surface area contributed by atoms with Crippen molar-refractivity contribution >= 4 is 11.8 Å². The maximum atomic E-state index is 8.40. The fraction of sp³-hybridized carbons (Fsp3) is 0.308. The van der Waals surface area contributed by atoms with Gasteiger partial charge in [-0.1, -0.05) is 12.1 Å². The Labute approximate surface area is 91.4 Å².